The molecular weight excluding hydrogens is 426 g/mol. The molecule has 7 nitrogen and oxygen atoms in total. The molecule has 0 saturated carbocycles. The van der Waals surface area contributed by atoms with E-state index in [1.807, 2.05) is 60.7 Å². The molecule has 2 aromatic carbocycles. The van der Waals surface area contributed by atoms with Crippen LogP contribution in [0.3, 0.4) is 0 Å². The second kappa shape index (κ2) is 10.7. The van der Waals surface area contributed by atoms with Gasteiger partial charge in [-0.05, 0) is 30.5 Å². The summed E-state index contributed by atoms with van der Waals surface area (Å²) in [6.07, 6.45) is 0.778. The zero-order valence-corrected chi connectivity index (χ0v) is 18.7. The van der Waals surface area contributed by atoms with Gasteiger partial charge in [0, 0.05) is 18.8 Å². The number of urea groups is 1. The molecule has 170 valence electrons. The first-order valence-corrected chi connectivity index (χ1v) is 12.1. The number of para-hydroxylation sites is 1. The predicted molar refractivity (Wildman–Crippen MR) is 124 cm³/mol. The molecule has 2 fully saturated rings. The Morgan fingerprint density at radius 1 is 1.09 bits per heavy atom. The van der Waals surface area contributed by atoms with Crippen LogP contribution in [0.15, 0.2) is 60.7 Å². The zero-order chi connectivity index (χ0) is 22.3. The summed E-state index contributed by atoms with van der Waals surface area (Å²) in [7, 11) is 0. The van der Waals surface area contributed by atoms with Gasteiger partial charge in [0.15, 0.2) is 0 Å². The van der Waals surface area contributed by atoms with E-state index >= 15 is 0 Å². The van der Waals surface area contributed by atoms with Crippen molar-refractivity contribution in [1.82, 2.24) is 15.1 Å². The van der Waals surface area contributed by atoms with Gasteiger partial charge in [0.05, 0.1) is 11.9 Å². The monoisotopic (exact) mass is 455 g/mol. The van der Waals surface area contributed by atoms with Gasteiger partial charge in [0.25, 0.3) is 0 Å². The normalized spacial score (nSPS) is 21.4. The Hall–Kier alpha value is -2.71. The van der Waals surface area contributed by atoms with Crippen LogP contribution >= 0.6 is 11.8 Å². The Bertz CT molecular complexity index is 899. The summed E-state index contributed by atoms with van der Waals surface area (Å²) in [5.41, 5.74) is 1.01. The van der Waals surface area contributed by atoms with Crippen LogP contribution in [0.2, 0.25) is 0 Å². The highest BCUT2D eigenvalue weighted by molar-refractivity contribution is 7.99. The molecule has 32 heavy (non-hydrogen) atoms. The minimum atomic E-state index is -0.781. The highest BCUT2D eigenvalue weighted by Crippen LogP contribution is 2.28. The van der Waals surface area contributed by atoms with Gasteiger partial charge in [-0.2, -0.15) is 0 Å². The van der Waals surface area contributed by atoms with Crippen LogP contribution in [0.25, 0.3) is 0 Å². The molecule has 2 aromatic rings. The summed E-state index contributed by atoms with van der Waals surface area (Å²) in [5, 5.41) is 13.7. The van der Waals surface area contributed by atoms with Gasteiger partial charge in [-0.15, -0.1) is 11.8 Å². The number of benzene rings is 2. The second-order valence-electron chi connectivity index (χ2n) is 8.06. The molecule has 0 aromatic heterocycles. The van der Waals surface area contributed by atoms with Crippen molar-refractivity contribution in [2.75, 3.05) is 24.8 Å². The van der Waals surface area contributed by atoms with Crippen molar-refractivity contribution in [3.05, 3.63) is 66.2 Å². The molecule has 0 bridgehead atoms. The van der Waals surface area contributed by atoms with E-state index in [0.29, 0.717) is 30.5 Å². The number of nitrogens with one attached hydrogen (secondary N) is 1. The summed E-state index contributed by atoms with van der Waals surface area (Å²) in [4.78, 5) is 29.5. The number of carbonyl (C=O) groups excluding carboxylic acids is 2. The van der Waals surface area contributed by atoms with E-state index in [9.17, 15) is 14.7 Å². The van der Waals surface area contributed by atoms with Crippen LogP contribution in [-0.2, 0) is 11.3 Å². The number of nitrogens with zero attached hydrogens (tertiary/aromatic N) is 2. The molecule has 2 aliphatic heterocycles. The molecule has 0 spiro atoms. The molecule has 1 unspecified atom stereocenters. The maximum Gasteiger partial charge on any atom is 0.319 e. The van der Waals surface area contributed by atoms with Gasteiger partial charge >= 0.3 is 6.03 Å². The Morgan fingerprint density at radius 3 is 2.56 bits per heavy atom. The van der Waals surface area contributed by atoms with E-state index in [1.165, 1.54) is 0 Å². The minimum Gasteiger partial charge on any atom is -0.491 e. The highest BCUT2D eigenvalue weighted by atomic mass is 32.2. The number of amides is 3. The molecule has 2 N–H and O–H groups in total. The zero-order valence-electron chi connectivity index (χ0n) is 17.9. The molecular formula is C24H29N3O4S. The number of hydrogen-bond acceptors (Lipinski definition) is 5. The Morgan fingerprint density at radius 2 is 1.81 bits per heavy atom. The lowest BCUT2D eigenvalue weighted by atomic mass is 10.1. The van der Waals surface area contributed by atoms with Gasteiger partial charge in [0.2, 0.25) is 5.91 Å². The third-order valence-corrected chi connectivity index (χ3v) is 6.92. The first-order valence-electron chi connectivity index (χ1n) is 11.0. The lowest BCUT2D eigenvalue weighted by Crippen LogP contribution is -2.54. The highest BCUT2D eigenvalue weighted by Gasteiger charge is 2.42. The number of likely N-dealkylation sites (tertiary alicyclic amines) is 1. The second-order valence-corrected chi connectivity index (χ2v) is 9.06. The smallest absolute Gasteiger partial charge is 0.319 e. The van der Waals surface area contributed by atoms with Crippen molar-refractivity contribution in [2.24, 2.45) is 0 Å². The number of carbonyl (C=O) groups is 2. The fourth-order valence-electron chi connectivity index (χ4n) is 4.19. The molecule has 0 radical (unpaired) electrons. The molecule has 2 heterocycles. The Balaban J connectivity index is 1.34. The summed E-state index contributed by atoms with van der Waals surface area (Å²) >= 11 is 1.57. The van der Waals surface area contributed by atoms with Crippen molar-refractivity contribution in [3.8, 4) is 5.75 Å². The van der Waals surface area contributed by atoms with Gasteiger partial charge < -0.3 is 25.0 Å². The molecule has 4 rings (SSSR count). The lowest BCUT2D eigenvalue weighted by molar-refractivity contribution is -0.138. The standard InChI is InChI=1S/C24H29N3O4S/c28-22(15-31-19-10-5-2-6-11-19)20-12-7-13-26(20)23(29)21-16-32-17-27(21)24(30)25-14-18-8-3-1-4-9-18/h1-6,8-11,20-22,28H,7,12-17H2,(H,25,30)/t20-,21-,22?/m0/s1. The van der Waals surface area contributed by atoms with Crippen LogP contribution in [-0.4, -0.2) is 69.8 Å². The maximum atomic E-state index is 13.4. The third kappa shape index (κ3) is 5.37. The van der Waals surface area contributed by atoms with Gasteiger partial charge in [0.1, 0.15) is 24.5 Å². The summed E-state index contributed by atoms with van der Waals surface area (Å²) in [6, 6.07) is 18.0. The number of aliphatic hydroxyl groups excluding tert-OH is 1. The van der Waals surface area contributed by atoms with Gasteiger partial charge in [-0.1, -0.05) is 48.5 Å². The van der Waals surface area contributed by atoms with Crippen molar-refractivity contribution in [1.29, 1.82) is 0 Å². The quantitative estimate of drug-likeness (QED) is 0.671. The average molecular weight is 456 g/mol. The molecule has 3 atom stereocenters. The van der Waals surface area contributed by atoms with E-state index in [0.717, 1.165) is 18.4 Å². The van der Waals surface area contributed by atoms with Crippen molar-refractivity contribution in [2.45, 2.75) is 37.6 Å². The van der Waals surface area contributed by atoms with E-state index in [4.69, 9.17) is 4.74 Å². The molecule has 3 amide bonds. The molecule has 2 saturated heterocycles. The fourth-order valence-corrected chi connectivity index (χ4v) is 5.33. The van der Waals surface area contributed by atoms with E-state index in [1.54, 1.807) is 21.6 Å². The maximum absolute atomic E-state index is 13.4. The topological polar surface area (TPSA) is 82.1 Å². The fraction of sp³-hybridized carbons (Fsp3) is 0.417. The average Bonchev–Trinajstić information content (AvgIpc) is 3.52. The Kier molecular flexibility index (Phi) is 7.55. The molecule has 0 aliphatic carbocycles. The van der Waals surface area contributed by atoms with E-state index in [-0.39, 0.29) is 24.6 Å². The lowest BCUT2D eigenvalue weighted by Gasteiger charge is -2.33. The molecule has 8 heteroatoms. The summed E-state index contributed by atoms with van der Waals surface area (Å²) in [6.45, 7) is 1.13. The van der Waals surface area contributed by atoms with Crippen molar-refractivity contribution >= 4 is 23.7 Å². The van der Waals surface area contributed by atoms with Crippen LogP contribution in [0.1, 0.15) is 18.4 Å². The summed E-state index contributed by atoms with van der Waals surface area (Å²) in [5.74, 6) is 1.65. The number of ether oxygens (including phenoxy) is 1. The molecule has 2 aliphatic rings. The van der Waals surface area contributed by atoms with Gasteiger partial charge in [-0.25, -0.2) is 4.79 Å². The summed E-state index contributed by atoms with van der Waals surface area (Å²) < 4.78 is 5.70. The predicted octanol–water partition coefficient (Wildman–Crippen LogP) is 2.70. The van der Waals surface area contributed by atoms with Crippen LogP contribution in [0.5, 0.6) is 5.75 Å². The van der Waals surface area contributed by atoms with E-state index < -0.39 is 12.1 Å². The van der Waals surface area contributed by atoms with Crippen molar-refractivity contribution < 1.29 is 19.4 Å². The SMILES string of the molecule is O=C(NCc1ccccc1)N1CSC[C@H]1C(=O)N1CCC[C@H]1C(O)COc1ccccc1. The van der Waals surface area contributed by atoms with Crippen LogP contribution in [0, 0.1) is 0 Å². The van der Waals surface area contributed by atoms with Crippen LogP contribution in [0.4, 0.5) is 4.79 Å². The van der Waals surface area contributed by atoms with Crippen molar-refractivity contribution in [3.63, 3.8) is 0 Å². The Labute approximate surface area is 192 Å². The van der Waals surface area contributed by atoms with Gasteiger partial charge in [-0.3, -0.25) is 4.79 Å². The number of rotatable bonds is 7. The minimum absolute atomic E-state index is 0.0916. The number of hydrogen-bond donors (Lipinski definition) is 2. The first kappa shape index (κ1) is 22.5. The number of aliphatic hydroxyl groups is 1. The van der Waals surface area contributed by atoms with E-state index in [2.05, 4.69) is 5.32 Å². The van der Waals surface area contributed by atoms with Crippen LogP contribution < -0.4 is 10.1 Å². The largest absolute Gasteiger partial charge is 0.491 e. The number of thioether (sulfide) groups is 1. The third-order valence-electron chi connectivity index (χ3n) is 5.91. The first-order chi connectivity index (χ1) is 15.6.